The van der Waals surface area contributed by atoms with Crippen LogP contribution in [0.3, 0.4) is 0 Å². The van der Waals surface area contributed by atoms with E-state index in [-0.39, 0.29) is 0 Å². The zero-order valence-corrected chi connectivity index (χ0v) is 15.1. The highest BCUT2D eigenvalue weighted by molar-refractivity contribution is 7.98. The second-order valence-electron chi connectivity index (χ2n) is 6.19. The van der Waals surface area contributed by atoms with Crippen molar-refractivity contribution >= 4 is 23.4 Å². The Kier molecular flexibility index (Phi) is 4.66. The lowest BCUT2D eigenvalue weighted by atomic mass is 9.88. The summed E-state index contributed by atoms with van der Waals surface area (Å²) in [4.78, 5) is 9.72. The fourth-order valence-corrected chi connectivity index (χ4v) is 3.72. The van der Waals surface area contributed by atoms with Gasteiger partial charge in [-0.3, -0.25) is 0 Å². The summed E-state index contributed by atoms with van der Waals surface area (Å²) in [7, 11) is 0. The normalized spacial score (nSPS) is 15.2. The van der Waals surface area contributed by atoms with Crippen molar-refractivity contribution in [1.29, 1.82) is 0 Å². The van der Waals surface area contributed by atoms with Crippen LogP contribution in [0.5, 0.6) is 0 Å². The minimum atomic E-state index is 0.846. The summed E-state index contributed by atoms with van der Waals surface area (Å²) in [6, 6.07) is 21.0. The van der Waals surface area contributed by atoms with E-state index < -0.39 is 0 Å². The zero-order valence-electron chi connectivity index (χ0n) is 14.3. The van der Waals surface area contributed by atoms with Crippen molar-refractivity contribution in [2.45, 2.75) is 24.4 Å². The maximum absolute atomic E-state index is 4.88. The molecule has 1 heterocycles. The standard InChI is InChI=1S/C22H20N2S/c1-25-22-23-20(17-11-6-3-7-12-17)19-14-8-13-18(21(19)24-22)15-16-9-4-2-5-10-16/h2-7,9-12,15H,8,13-14H2,1H3/b18-15+. The molecule has 1 aliphatic carbocycles. The van der Waals surface area contributed by atoms with Gasteiger partial charge < -0.3 is 0 Å². The van der Waals surface area contributed by atoms with E-state index in [9.17, 15) is 0 Å². The molecule has 0 N–H and O–H groups in total. The highest BCUT2D eigenvalue weighted by Gasteiger charge is 2.22. The van der Waals surface area contributed by atoms with E-state index in [1.807, 2.05) is 12.3 Å². The Labute approximate surface area is 153 Å². The molecule has 2 aromatic carbocycles. The second-order valence-corrected chi connectivity index (χ2v) is 6.96. The number of thioether (sulfide) groups is 1. The SMILES string of the molecule is CSc1nc2c(c(-c3ccccc3)n1)CCC/C2=C\c1ccccc1. The molecule has 0 saturated carbocycles. The molecule has 0 spiro atoms. The third-order valence-electron chi connectivity index (χ3n) is 4.53. The fourth-order valence-electron chi connectivity index (χ4n) is 3.36. The first-order valence-corrected chi connectivity index (χ1v) is 9.84. The lowest BCUT2D eigenvalue weighted by Gasteiger charge is -2.21. The number of fused-ring (bicyclic) bond motifs is 1. The first-order valence-electron chi connectivity index (χ1n) is 8.61. The number of rotatable bonds is 3. The molecule has 0 bridgehead atoms. The summed E-state index contributed by atoms with van der Waals surface area (Å²) in [5.41, 5.74) is 7.25. The van der Waals surface area contributed by atoms with Crippen LogP contribution in [0.25, 0.3) is 22.9 Å². The van der Waals surface area contributed by atoms with E-state index in [0.29, 0.717) is 0 Å². The molecule has 0 saturated heterocycles. The average molecular weight is 344 g/mol. The van der Waals surface area contributed by atoms with Gasteiger partial charge in [-0.2, -0.15) is 0 Å². The number of nitrogens with zero attached hydrogens (tertiary/aromatic N) is 2. The number of allylic oxidation sites excluding steroid dienone is 1. The number of aromatic nitrogens is 2. The van der Waals surface area contributed by atoms with E-state index in [2.05, 4.69) is 60.7 Å². The average Bonchev–Trinajstić information content (AvgIpc) is 2.69. The summed E-state index contributed by atoms with van der Waals surface area (Å²) in [6.07, 6.45) is 7.58. The second kappa shape index (κ2) is 7.24. The van der Waals surface area contributed by atoms with Crippen LogP contribution in [-0.4, -0.2) is 16.2 Å². The van der Waals surface area contributed by atoms with E-state index in [1.165, 1.54) is 22.3 Å². The van der Waals surface area contributed by atoms with Crippen molar-refractivity contribution < 1.29 is 0 Å². The van der Waals surface area contributed by atoms with Crippen LogP contribution < -0.4 is 0 Å². The highest BCUT2D eigenvalue weighted by Crippen LogP contribution is 2.37. The molecule has 1 aliphatic rings. The molecule has 0 radical (unpaired) electrons. The van der Waals surface area contributed by atoms with Gasteiger partial charge in [-0.15, -0.1) is 0 Å². The lowest BCUT2D eigenvalue weighted by Crippen LogP contribution is -2.09. The Hall–Kier alpha value is -2.39. The van der Waals surface area contributed by atoms with Crippen molar-refractivity contribution in [2.24, 2.45) is 0 Å². The molecule has 3 heteroatoms. The van der Waals surface area contributed by atoms with Crippen LogP contribution in [0.15, 0.2) is 65.8 Å². The molecule has 124 valence electrons. The summed E-state index contributed by atoms with van der Waals surface area (Å²) in [5, 5.41) is 0.846. The van der Waals surface area contributed by atoms with Crippen molar-refractivity contribution in [2.75, 3.05) is 6.26 Å². The third kappa shape index (κ3) is 3.38. The molecule has 0 atom stereocenters. The summed E-state index contributed by atoms with van der Waals surface area (Å²) in [5.74, 6) is 0. The minimum Gasteiger partial charge on any atom is -0.223 e. The van der Waals surface area contributed by atoms with Gasteiger partial charge in [0.15, 0.2) is 5.16 Å². The number of benzene rings is 2. The van der Waals surface area contributed by atoms with Crippen LogP contribution >= 0.6 is 11.8 Å². The molecule has 0 unspecified atom stereocenters. The van der Waals surface area contributed by atoms with Gasteiger partial charge in [-0.25, -0.2) is 9.97 Å². The molecule has 3 aromatic rings. The van der Waals surface area contributed by atoms with E-state index >= 15 is 0 Å². The van der Waals surface area contributed by atoms with Crippen LogP contribution in [0.2, 0.25) is 0 Å². The third-order valence-corrected chi connectivity index (χ3v) is 5.08. The highest BCUT2D eigenvalue weighted by atomic mass is 32.2. The Balaban J connectivity index is 1.88. The summed E-state index contributed by atoms with van der Waals surface area (Å²) >= 11 is 1.61. The van der Waals surface area contributed by atoms with E-state index in [0.717, 1.165) is 35.8 Å². The summed E-state index contributed by atoms with van der Waals surface area (Å²) in [6.45, 7) is 0. The Bertz CT molecular complexity index is 902. The van der Waals surface area contributed by atoms with E-state index in [4.69, 9.17) is 9.97 Å². The largest absolute Gasteiger partial charge is 0.223 e. The topological polar surface area (TPSA) is 25.8 Å². The van der Waals surface area contributed by atoms with Gasteiger partial charge in [0.1, 0.15) is 0 Å². The zero-order chi connectivity index (χ0) is 17.1. The molecule has 2 nitrogen and oxygen atoms in total. The predicted octanol–water partition coefficient (Wildman–Crippen LogP) is 5.74. The first-order chi connectivity index (χ1) is 12.3. The molecule has 0 fully saturated rings. The van der Waals surface area contributed by atoms with Crippen molar-refractivity contribution in [1.82, 2.24) is 9.97 Å². The lowest BCUT2D eigenvalue weighted by molar-refractivity contribution is 0.784. The van der Waals surface area contributed by atoms with Gasteiger partial charge in [-0.05, 0) is 42.7 Å². The van der Waals surface area contributed by atoms with Gasteiger partial charge in [0.2, 0.25) is 0 Å². The van der Waals surface area contributed by atoms with Gasteiger partial charge in [0, 0.05) is 11.1 Å². The van der Waals surface area contributed by atoms with Crippen LogP contribution in [0.4, 0.5) is 0 Å². The number of hydrogen-bond acceptors (Lipinski definition) is 3. The van der Waals surface area contributed by atoms with Crippen molar-refractivity contribution in [3.63, 3.8) is 0 Å². The molecule has 25 heavy (non-hydrogen) atoms. The van der Waals surface area contributed by atoms with E-state index in [1.54, 1.807) is 11.8 Å². The van der Waals surface area contributed by atoms with Crippen molar-refractivity contribution in [3.05, 3.63) is 77.5 Å². The van der Waals surface area contributed by atoms with Crippen LogP contribution in [-0.2, 0) is 6.42 Å². The molecular formula is C22H20N2S. The molecule has 0 aliphatic heterocycles. The number of hydrogen-bond donors (Lipinski definition) is 0. The van der Waals surface area contributed by atoms with Crippen molar-refractivity contribution in [3.8, 4) is 11.3 Å². The molecule has 1 aromatic heterocycles. The van der Waals surface area contributed by atoms with Gasteiger partial charge in [0.05, 0.1) is 11.4 Å². The van der Waals surface area contributed by atoms with Crippen LogP contribution in [0.1, 0.15) is 29.7 Å². The minimum absolute atomic E-state index is 0.846. The monoisotopic (exact) mass is 344 g/mol. The first kappa shape index (κ1) is 16.1. The quantitative estimate of drug-likeness (QED) is 0.447. The molecule has 4 rings (SSSR count). The Morgan fingerprint density at radius 3 is 2.24 bits per heavy atom. The smallest absolute Gasteiger partial charge is 0.188 e. The summed E-state index contributed by atoms with van der Waals surface area (Å²) < 4.78 is 0. The fraction of sp³-hybridized carbons (Fsp3) is 0.182. The maximum atomic E-state index is 4.88. The Morgan fingerprint density at radius 2 is 1.52 bits per heavy atom. The molecular weight excluding hydrogens is 324 g/mol. The predicted molar refractivity (Wildman–Crippen MR) is 107 cm³/mol. The van der Waals surface area contributed by atoms with Gasteiger partial charge in [0.25, 0.3) is 0 Å². The molecule has 0 amide bonds. The maximum Gasteiger partial charge on any atom is 0.188 e. The van der Waals surface area contributed by atoms with Gasteiger partial charge in [-0.1, -0.05) is 72.4 Å². The Morgan fingerprint density at radius 1 is 0.840 bits per heavy atom. The van der Waals surface area contributed by atoms with Gasteiger partial charge >= 0.3 is 0 Å². The van der Waals surface area contributed by atoms with Crippen LogP contribution in [0, 0.1) is 0 Å².